The van der Waals surface area contributed by atoms with Gasteiger partial charge in [0, 0.05) is 38.1 Å². The number of hydrogen-bond donors (Lipinski definition) is 13. The normalized spacial score (nSPS) is 50.2. The Bertz CT molecular complexity index is 3890. The number of rotatable bonds is 23. The molecule has 0 aromatic heterocycles. The second-order valence-electron chi connectivity index (χ2n) is 47.8. The lowest BCUT2D eigenvalue weighted by atomic mass is 9.43. The van der Waals surface area contributed by atoms with Gasteiger partial charge < -0.3 is 71.2 Å². The van der Waals surface area contributed by atoms with Crippen LogP contribution in [-0.2, 0) is 43.6 Å². The monoisotopic (exact) mass is 1750 g/mol. The van der Waals surface area contributed by atoms with Gasteiger partial charge in [-0.15, -0.1) is 0 Å². The fourth-order valence-corrected chi connectivity index (χ4v) is 36.5. The Balaban J connectivity index is 0.000000279. The largest absolute Gasteiger partial charge is 0.481 e. The van der Waals surface area contributed by atoms with Gasteiger partial charge in [0.1, 0.15) is 18.8 Å². The van der Waals surface area contributed by atoms with Gasteiger partial charge in [0.2, 0.25) is 11.8 Å². The fourth-order valence-electron chi connectivity index (χ4n) is 36.1. The highest BCUT2D eigenvalue weighted by Crippen LogP contribution is 2.74. The Kier molecular flexibility index (Phi) is 27.5. The van der Waals surface area contributed by atoms with E-state index in [1.165, 1.54) is 0 Å². The van der Waals surface area contributed by atoms with Crippen LogP contribution < -0.4 is 10.6 Å². The maximum atomic E-state index is 14.3. The molecule has 0 heterocycles. The van der Waals surface area contributed by atoms with Crippen molar-refractivity contribution in [1.29, 1.82) is 0 Å². The summed E-state index contributed by atoms with van der Waals surface area (Å²) in [4.78, 5) is 66.2. The van der Waals surface area contributed by atoms with Gasteiger partial charge >= 0.3 is 17.9 Å². The number of carbonyl (C=O) groups excluding carboxylic acids is 4. The summed E-state index contributed by atoms with van der Waals surface area (Å²) in [7, 11) is -4.10. The third kappa shape index (κ3) is 17.0. The molecule has 0 bridgehead atoms. The molecule has 0 aromatic carbocycles. The van der Waals surface area contributed by atoms with Crippen molar-refractivity contribution in [2.45, 2.75) is 388 Å². The van der Waals surface area contributed by atoms with E-state index in [9.17, 15) is 83.5 Å². The molecule has 13 N–H and O–H groups in total. The molecule has 12 unspecified atom stereocenters. The van der Waals surface area contributed by atoms with Gasteiger partial charge in [-0.2, -0.15) is 8.42 Å². The molecule has 23 heteroatoms. The number of fused-ring (bicyclic) bond motifs is 20. The highest BCUT2D eigenvalue weighted by Gasteiger charge is 2.71. The SMILES string of the molecule is C[C@H](CCC(=O)NCC(=O)O[C@@H]1C[C@@H]2C[C@H](OC(=O)CC[C@@H](C)[C@H]3CCC4C5C(CC[C@@]43C)[C@@]3(C)CC[C@@H](O)CC3C[C@H]5O)CC[C@]2(C)[C@H]2C[C@H](O)[C@]3(C)[C@@H]([C@H](C)CCC(=O)O)CC[C@H]3[C@H]12)[C@H]1CCC2C3C(C[C@H](O)[C@@]21C)[C@@]1(C)CC[C@@H](O)CC1C[C@H]3O.C[C@H](CCC(=O)NCCS(=O)(=O)O)[C@H]1CCC2C3C(C[C@H](O)[C@@]21C)[C@@]1(C)CC[C@@H](O)CC1C[C@H]3O. The van der Waals surface area contributed by atoms with Crippen molar-refractivity contribution >= 4 is 39.8 Å². The zero-order valence-corrected chi connectivity index (χ0v) is 77.8. The third-order valence-corrected chi connectivity index (χ3v) is 43.6. The molecule has 123 heavy (non-hydrogen) atoms. The predicted molar refractivity (Wildman–Crippen MR) is 466 cm³/mol. The molecular formula is C100H164N2O20S. The van der Waals surface area contributed by atoms with Crippen molar-refractivity contribution in [3.8, 4) is 0 Å². The Morgan fingerprint density at radius 3 is 1.18 bits per heavy atom. The van der Waals surface area contributed by atoms with Crippen LogP contribution in [0.4, 0.5) is 0 Å². The summed E-state index contributed by atoms with van der Waals surface area (Å²) in [6.45, 7) is 27.1. The number of ether oxygens (including phenoxy) is 2. The first-order valence-electron chi connectivity index (χ1n) is 50.0. The van der Waals surface area contributed by atoms with Crippen LogP contribution in [0, 0.1) is 185 Å². The lowest BCUT2D eigenvalue weighted by molar-refractivity contribution is -0.218. The summed E-state index contributed by atoms with van der Waals surface area (Å²) in [6.07, 6.45) is 24.1. The van der Waals surface area contributed by atoms with Gasteiger partial charge in [-0.05, 0) is 391 Å². The number of hydrogen-bond acceptors (Lipinski definition) is 18. The number of nitrogens with one attached hydrogen (secondary N) is 2. The van der Waals surface area contributed by atoms with E-state index in [0.717, 1.165) is 154 Å². The minimum Gasteiger partial charge on any atom is -0.481 e. The Morgan fingerprint density at radius 1 is 0.366 bits per heavy atom. The number of aliphatic hydroxyl groups is 9. The van der Waals surface area contributed by atoms with E-state index in [1.54, 1.807) is 0 Å². The smallest absolute Gasteiger partial charge is 0.325 e. The van der Waals surface area contributed by atoms with Gasteiger partial charge in [-0.1, -0.05) is 83.1 Å². The highest BCUT2D eigenvalue weighted by molar-refractivity contribution is 7.85. The first-order chi connectivity index (χ1) is 57.8. The quantitative estimate of drug-likeness (QED) is 0.0334. The van der Waals surface area contributed by atoms with Crippen LogP contribution in [0.5, 0.6) is 0 Å². The minimum atomic E-state index is -4.10. The molecule has 16 rings (SSSR count). The summed E-state index contributed by atoms with van der Waals surface area (Å²) < 4.78 is 43.7. The zero-order valence-electron chi connectivity index (χ0n) is 77.0. The van der Waals surface area contributed by atoms with Crippen molar-refractivity contribution in [3.63, 3.8) is 0 Å². The Morgan fingerprint density at radius 2 is 0.724 bits per heavy atom. The van der Waals surface area contributed by atoms with E-state index in [0.29, 0.717) is 106 Å². The maximum absolute atomic E-state index is 14.3. The van der Waals surface area contributed by atoms with Crippen molar-refractivity contribution in [2.24, 2.45) is 185 Å². The fraction of sp³-hybridized carbons (Fsp3) is 0.950. The second-order valence-corrected chi connectivity index (χ2v) is 49.4. The van der Waals surface area contributed by atoms with E-state index < -0.39 is 69.8 Å². The van der Waals surface area contributed by atoms with Crippen molar-refractivity contribution in [3.05, 3.63) is 0 Å². The molecule has 43 atom stereocenters. The van der Waals surface area contributed by atoms with Crippen LogP contribution in [0.1, 0.15) is 321 Å². The average molecular weight is 1750 g/mol. The van der Waals surface area contributed by atoms with Gasteiger partial charge in [0.15, 0.2) is 0 Å². The minimum absolute atomic E-state index is 0.00110. The van der Waals surface area contributed by atoms with Crippen LogP contribution in [0.25, 0.3) is 0 Å². The first kappa shape index (κ1) is 94.5. The van der Waals surface area contributed by atoms with E-state index in [4.69, 9.17) is 14.0 Å². The summed E-state index contributed by atoms with van der Waals surface area (Å²) >= 11 is 0. The molecule has 22 nitrogen and oxygen atoms in total. The number of amides is 2. The molecule has 16 aliphatic carbocycles. The summed E-state index contributed by atoms with van der Waals surface area (Å²) in [5.74, 6) is 3.02. The van der Waals surface area contributed by atoms with Crippen LogP contribution in [0.3, 0.4) is 0 Å². The molecule has 0 saturated heterocycles. The molecule has 16 fully saturated rings. The molecule has 700 valence electrons. The first-order valence-corrected chi connectivity index (χ1v) is 51.7. The Labute approximate surface area is 735 Å². The van der Waals surface area contributed by atoms with Crippen LogP contribution in [-0.4, -0.2) is 180 Å². The van der Waals surface area contributed by atoms with E-state index in [2.05, 4.69) is 93.7 Å². The van der Waals surface area contributed by atoms with Gasteiger partial charge in [-0.25, -0.2) is 0 Å². The van der Waals surface area contributed by atoms with E-state index >= 15 is 0 Å². The number of carboxylic acids is 1. The molecule has 0 radical (unpaired) electrons. The molecule has 16 saturated carbocycles. The average Bonchev–Trinajstić information content (AvgIpc) is 1.66. The molecule has 16 aliphatic rings. The maximum Gasteiger partial charge on any atom is 0.325 e. The summed E-state index contributed by atoms with van der Waals surface area (Å²) in [6, 6.07) is 0. The summed E-state index contributed by atoms with van der Waals surface area (Å²) in [5, 5.41) is 118. The predicted octanol–water partition coefficient (Wildman–Crippen LogP) is 13.8. The number of aliphatic hydroxyl groups excluding tert-OH is 9. The number of carboxylic acid groups (broad SMARTS) is 1. The van der Waals surface area contributed by atoms with Crippen molar-refractivity contribution < 1.29 is 97.5 Å². The molecule has 0 aromatic rings. The van der Waals surface area contributed by atoms with E-state index in [1.807, 2.05) is 0 Å². The standard InChI is InChI=1S/C74H119NO13.C26H45NO7S/c1-39(48-13-16-51-66-52(25-29-72(48,51)7)69(4)26-22-45(76)30-42(69)33-57(66)78)12-21-64(85)87-47-24-28-71(6)44(32-47)35-59(68-54-18-15-50(41(3)11-20-63(83)84)74(54,9)61(81)37-56(68)71)88-65(86)38-75-62(82)19-10-40(2)49-14-17-53-67-55(36-60(80)73(49,53)8)70(5)27-23-46(77)31-43(70)34-58(67)79;1-15(4-7-23(31)27-10-11-35(32,33)34)18-5-6-19-24-20(14-22(30)26(18,19)3)25(2)9-8-17(28)12-16(25)13-21(24)29/h39-61,66-68,76-81H,10-38H2,1-9H3,(H,75,82)(H,83,84);15-22,24,28-30H,4-14H2,1-3H3,(H,27,31)(H,32,33,34)/t39-,40-,41-,42?,43?,44+,45-,46-,47-,48-,49-,50-,51?,52?,53?,54+,55?,56+,57-,58-,59-,60+,61+,66?,67?,68+,69+,70+,71+,72-,73-,74-;15-,16?,17-,18-,19?,20?,21-,22+,24?,25+,26-/m11/s1. The van der Waals surface area contributed by atoms with Crippen LogP contribution in [0.15, 0.2) is 0 Å². The van der Waals surface area contributed by atoms with Gasteiger partial charge in [0.25, 0.3) is 10.1 Å². The molecule has 0 spiro atoms. The number of carbonyl (C=O) groups is 5. The van der Waals surface area contributed by atoms with Gasteiger partial charge in [-0.3, -0.25) is 28.5 Å². The van der Waals surface area contributed by atoms with Crippen LogP contribution >= 0.6 is 0 Å². The van der Waals surface area contributed by atoms with Crippen molar-refractivity contribution in [2.75, 3.05) is 18.8 Å². The van der Waals surface area contributed by atoms with E-state index in [-0.39, 0.29) is 219 Å². The second kappa shape index (κ2) is 35.8. The van der Waals surface area contributed by atoms with Crippen molar-refractivity contribution in [1.82, 2.24) is 10.6 Å². The Hall–Kier alpha value is -3.10. The lowest BCUT2D eigenvalue weighted by Crippen LogP contribution is -2.63. The van der Waals surface area contributed by atoms with Crippen LogP contribution in [0.2, 0.25) is 0 Å². The summed E-state index contributed by atoms with van der Waals surface area (Å²) in [5.41, 5.74) is -1.000. The highest BCUT2D eigenvalue weighted by atomic mass is 32.2. The topological polar surface area (TPSA) is 385 Å². The third-order valence-electron chi connectivity index (χ3n) is 42.9. The van der Waals surface area contributed by atoms with Gasteiger partial charge in [0.05, 0.1) is 60.7 Å². The molecular weight excluding hydrogens is 1580 g/mol. The number of esters is 2. The molecule has 0 aliphatic heterocycles. The zero-order chi connectivity index (χ0) is 88.7. The number of aliphatic carboxylic acids is 1. The lowest BCUT2D eigenvalue weighted by Gasteiger charge is -2.64. The molecule has 2 amide bonds.